The molecule has 1 heterocycles. The highest BCUT2D eigenvalue weighted by atomic mass is 35.5. The van der Waals surface area contributed by atoms with Gasteiger partial charge in [-0.1, -0.05) is 11.6 Å². The fourth-order valence-electron chi connectivity index (χ4n) is 0.931. The molecule has 0 radical (unpaired) electrons. The minimum atomic E-state index is -5.15. The quantitative estimate of drug-likeness (QED) is 0.544. The molecule has 0 spiro atoms. The van der Waals surface area contributed by atoms with Crippen molar-refractivity contribution in [3.63, 3.8) is 0 Å². The Kier molecular flexibility index (Phi) is 3.13. The van der Waals surface area contributed by atoms with Gasteiger partial charge in [0.15, 0.2) is 0 Å². The molecule has 0 saturated carbocycles. The van der Waals surface area contributed by atoms with E-state index in [9.17, 15) is 26.3 Å². The van der Waals surface area contributed by atoms with Crippen LogP contribution in [-0.4, -0.2) is 4.98 Å². The number of halogens is 7. The normalized spacial score (nSPS) is 12.3. The van der Waals surface area contributed by atoms with Crippen molar-refractivity contribution in [2.75, 3.05) is 0 Å². The van der Waals surface area contributed by atoms with Crippen molar-refractivity contribution in [2.45, 2.75) is 12.6 Å². The third-order valence-electron chi connectivity index (χ3n) is 1.52. The van der Waals surface area contributed by atoms with E-state index in [0.29, 0.717) is 0 Å². The van der Waals surface area contributed by atoms with Crippen LogP contribution in [0.2, 0.25) is 5.02 Å². The fraction of sp³-hybridized carbons (Fsp3) is 0.286. The number of alkyl halides is 5. The topological polar surface area (TPSA) is 12.9 Å². The fourth-order valence-corrected chi connectivity index (χ4v) is 1.20. The van der Waals surface area contributed by atoms with Crippen LogP contribution in [0.5, 0.6) is 0 Å². The smallest absolute Gasteiger partial charge is 0.226 e. The van der Waals surface area contributed by atoms with Gasteiger partial charge >= 0.3 is 6.18 Å². The van der Waals surface area contributed by atoms with E-state index in [-0.39, 0.29) is 6.20 Å². The average molecular weight is 250 g/mol. The van der Waals surface area contributed by atoms with Crippen LogP contribution in [0, 0.1) is 5.95 Å². The van der Waals surface area contributed by atoms with Crippen LogP contribution in [0.1, 0.15) is 17.6 Å². The molecule has 0 aliphatic rings. The van der Waals surface area contributed by atoms with Crippen LogP contribution >= 0.6 is 11.6 Å². The van der Waals surface area contributed by atoms with Crippen LogP contribution in [0.4, 0.5) is 26.3 Å². The second-order valence-electron chi connectivity index (χ2n) is 2.49. The molecular weight excluding hydrogens is 248 g/mol. The second-order valence-corrected chi connectivity index (χ2v) is 2.87. The summed E-state index contributed by atoms with van der Waals surface area (Å²) in [6.07, 6.45) is -8.45. The lowest BCUT2D eigenvalue weighted by Gasteiger charge is -2.13. The maximum Gasteiger partial charge on any atom is 0.418 e. The Morgan fingerprint density at radius 3 is 2.20 bits per heavy atom. The monoisotopic (exact) mass is 249 g/mol. The maximum absolute atomic E-state index is 12.6. The van der Waals surface area contributed by atoms with Crippen LogP contribution < -0.4 is 0 Å². The first-order valence-electron chi connectivity index (χ1n) is 3.44. The van der Waals surface area contributed by atoms with E-state index in [4.69, 9.17) is 11.6 Å². The van der Waals surface area contributed by atoms with E-state index in [1.807, 2.05) is 0 Å². The predicted molar refractivity (Wildman–Crippen MR) is 39.2 cm³/mol. The lowest BCUT2D eigenvalue weighted by molar-refractivity contribution is -0.139. The predicted octanol–water partition coefficient (Wildman–Crippen LogP) is 3.83. The summed E-state index contributed by atoms with van der Waals surface area (Å²) in [6.45, 7) is 0. The molecule has 0 atom stereocenters. The Hall–Kier alpha value is -0.980. The molecule has 0 aliphatic heterocycles. The number of hydrogen-bond donors (Lipinski definition) is 0. The Morgan fingerprint density at radius 2 is 1.80 bits per heavy atom. The van der Waals surface area contributed by atoms with Crippen LogP contribution in [-0.2, 0) is 6.18 Å². The Bertz CT molecular complexity index is 374. The third kappa shape index (κ3) is 2.34. The molecule has 0 unspecified atom stereocenters. The number of nitrogens with zero attached hydrogens (tertiary/aromatic N) is 1. The molecule has 8 heteroatoms. The number of aromatic nitrogens is 1. The van der Waals surface area contributed by atoms with E-state index in [2.05, 4.69) is 4.98 Å². The van der Waals surface area contributed by atoms with E-state index >= 15 is 0 Å². The highest BCUT2D eigenvalue weighted by Gasteiger charge is 2.39. The van der Waals surface area contributed by atoms with Gasteiger partial charge in [0.25, 0.3) is 6.43 Å². The SMILES string of the molecule is Fc1ncc(C(F)F)c(C(F)(F)F)c1Cl. The summed E-state index contributed by atoms with van der Waals surface area (Å²) in [4.78, 5) is 2.70. The first kappa shape index (κ1) is 12.1. The summed E-state index contributed by atoms with van der Waals surface area (Å²) in [7, 11) is 0. The first-order valence-corrected chi connectivity index (χ1v) is 3.82. The summed E-state index contributed by atoms with van der Waals surface area (Å²) in [6, 6.07) is 0. The minimum Gasteiger partial charge on any atom is -0.226 e. The third-order valence-corrected chi connectivity index (χ3v) is 1.87. The molecular formula is C7H2ClF6N. The summed E-state index contributed by atoms with van der Waals surface area (Å²) < 4.78 is 73.6. The zero-order valence-corrected chi connectivity index (χ0v) is 7.50. The highest BCUT2D eigenvalue weighted by molar-refractivity contribution is 6.31. The van der Waals surface area contributed by atoms with Crippen molar-refractivity contribution < 1.29 is 26.3 Å². The average Bonchev–Trinajstić information content (AvgIpc) is 2.06. The minimum absolute atomic E-state index is 0.120. The summed E-state index contributed by atoms with van der Waals surface area (Å²) in [5, 5.41) is -1.44. The molecule has 0 amide bonds. The van der Waals surface area contributed by atoms with Crippen molar-refractivity contribution in [1.29, 1.82) is 0 Å². The summed E-state index contributed by atoms with van der Waals surface area (Å²) >= 11 is 4.94. The zero-order valence-electron chi connectivity index (χ0n) is 6.75. The van der Waals surface area contributed by atoms with Gasteiger partial charge in [0.2, 0.25) is 5.95 Å². The molecule has 0 fully saturated rings. The Balaban J connectivity index is 3.49. The van der Waals surface area contributed by atoms with Crippen molar-refractivity contribution >= 4 is 11.6 Å². The summed E-state index contributed by atoms with van der Waals surface area (Å²) in [5.41, 5.74) is -3.32. The molecule has 1 aromatic heterocycles. The number of rotatable bonds is 1. The molecule has 0 aromatic carbocycles. The number of pyridine rings is 1. The molecule has 1 nitrogen and oxygen atoms in total. The van der Waals surface area contributed by atoms with Crippen molar-refractivity contribution in [1.82, 2.24) is 4.98 Å². The van der Waals surface area contributed by atoms with Crippen LogP contribution in [0.3, 0.4) is 0 Å². The Labute approximate surface area is 84.7 Å². The number of hydrogen-bond acceptors (Lipinski definition) is 1. The van der Waals surface area contributed by atoms with Gasteiger partial charge in [-0.15, -0.1) is 0 Å². The molecule has 0 aliphatic carbocycles. The van der Waals surface area contributed by atoms with Gasteiger partial charge in [0.1, 0.15) is 5.02 Å². The molecule has 84 valence electrons. The van der Waals surface area contributed by atoms with E-state index in [1.165, 1.54) is 0 Å². The van der Waals surface area contributed by atoms with Crippen LogP contribution in [0.15, 0.2) is 6.20 Å². The lowest BCUT2D eigenvalue weighted by atomic mass is 10.1. The molecule has 0 saturated heterocycles. The van der Waals surface area contributed by atoms with E-state index in [0.717, 1.165) is 0 Å². The molecule has 1 rings (SSSR count). The molecule has 0 N–H and O–H groups in total. The molecule has 0 bridgehead atoms. The second kappa shape index (κ2) is 3.88. The Morgan fingerprint density at radius 1 is 1.27 bits per heavy atom. The molecule has 1 aromatic rings. The van der Waals surface area contributed by atoms with Crippen LogP contribution in [0.25, 0.3) is 0 Å². The van der Waals surface area contributed by atoms with Gasteiger partial charge in [-0.05, 0) is 0 Å². The standard InChI is InChI=1S/C7H2ClF6N/c8-4-3(7(12,13)14)2(5(9)10)1-15-6(4)11/h1,5H. The van der Waals surface area contributed by atoms with Gasteiger partial charge in [-0.3, -0.25) is 0 Å². The van der Waals surface area contributed by atoms with Gasteiger partial charge in [0.05, 0.1) is 5.56 Å². The maximum atomic E-state index is 12.6. The first-order chi connectivity index (χ1) is 6.75. The summed E-state index contributed by atoms with van der Waals surface area (Å²) in [5.74, 6) is -1.63. The van der Waals surface area contributed by atoms with E-state index < -0.39 is 34.7 Å². The largest absolute Gasteiger partial charge is 0.418 e. The van der Waals surface area contributed by atoms with Gasteiger partial charge in [-0.2, -0.15) is 17.6 Å². The van der Waals surface area contributed by atoms with Gasteiger partial charge in [-0.25, -0.2) is 13.8 Å². The molecule has 15 heavy (non-hydrogen) atoms. The van der Waals surface area contributed by atoms with Gasteiger partial charge < -0.3 is 0 Å². The zero-order chi connectivity index (χ0) is 11.8. The lowest BCUT2D eigenvalue weighted by Crippen LogP contribution is -2.12. The van der Waals surface area contributed by atoms with Crippen molar-refractivity contribution in [3.05, 3.63) is 28.3 Å². The van der Waals surface area contributed by atoms with Crippen molar-refractivity contribution in [2.24, 2.45) is 0 Å². The highest BCUT2D eigenvalue weighted by Crippen LogP contribution is 2.40. The van der Waals surface area contributed by atoms with Crippen molar-refractivity contribution in [3.8, 4) is 0 Å². The van der Waals surface area contributed by atoms with E-state index in [1.54, 1.807) is 0 Å². The van der Waals surface area contributed by atoms with Gasteiger partial charge in [0, 0.05) is 11.8 Å².